The van der Waals surface area contributed by atoms with Crippen molar-refractivity contribution in [3.05, 3.63) is 29.8 Å². The summed E-state index contributed by atoms with van der Waals surface area (Å²) in [6, 6.07) is 7.69. The second-order valence-electron chi connectivity index (χ2n) is 4.76. The van der Waals surface area contributed by atoms with Gasteiger partial charge >= 0.3 is 0 Å². The zero-order valence-corrected chi connectivity index (χ0v) is 9.81. The Hall–Kier alpha value is -1.51. The number of nitrogens with zero attached hydrogens (tertiary/aromatic N) is 1. The molecule has 1 aromatic carbocycles. The fourth-order valence-electron chi connectivity index (χ4n) is 1.99. The highest BCUT2D eigenvalue weighted by atomic mass is 16.2. The molecule has 1 fully saturated rings. The standard InChI is InChI=1S/C13H18N2O/c1-9-6-12(9)13(16)15(2)8-10-4-3-5-11(14)7-10/h3-5,7,9,12H,6,8,14H2,1-2H3. The Bertz CT molecular complexity index is 403. The first-order valence-electron chi connectivity index (χ1n) is 5.67. The van der Waals surface area contributed by atoms with Crippen LogP contribution in [0.4, 0.5) is 5.69 Å². The molecule has 0 spiro atoms. The molecular weight excluding hydrogens is 200 g/mol. The predicted octanol–water partition coefficient (Wildman–Crippen LogP) is 1.88. The summed E-state index contributed by atoms with van der Waals surface area (Å²) in [6.07, 6.45) is 1.04. The van der Waals surface area contributed by atoms with E-state index in [2.05, 4.69) is 6.92 Å². The number of hydrogen-bond donors (Lipinski definition) is 1. The maximum Gasteiger partial charge on any atom is 0.226 e. The second kappa shape index (κ2) is 4.16. The number of carbonyl (C=O) groups is 1. The minimum atomic E-state index is 0.256. The molecule has 0 heterocycles. The van der Waals surface area contributed by atoms with Gasteiger partial charge in [-0.15, -0.1) is 0 Å². The molecule has 86 valence electrons. The first-order chi connectivity index (χ1) is 7.58. The molecule has 2 atom stereocenters. The monoisotopic (exact) mass is 218 g/mol. The molecule has 2 unspecified atom stereocenters. The Kier molecular flexibility index (Phi) is 2.86. The van der Waals surface area contributed by atoms with Gasteiger partial charge in [-0.2, -0.15) is 0 Å². The third-order valence-electron chi connectivity index (χ3n) is 3.17. The Balaban J connectivity index is 1.96. The molecule has 0 aliphatic heterocycles. The van der Waals surface area contributed by atoms with Crippen molar-refractivity contribution in [2.45, 2.75) is 19.9 Å². The molecule has 3 nitrogen and oxygen atoms in total. The van der Waals surface area contributed by atoms with E-state index in [4.69, 9.17) is 5.73 Å². The maximum atomic E-state index is 11.9. The first kappa shape index (κ1) is 11.0. The first-order valence-corrected chi connectivity index (χ1v) is 5.67. The van der Waals surface area contributed by atoms with E-state index >= 15 is 0 Å². The van der Waals surface area contributed by atoms with Gasteiger partial charge in [0, 0.05) is 25.2 Å². The van der Waals surface area contributed by atoms with E-state index in [1.54, 1.807) is 4.90 Å². The second-order valence-corrected chi connectivity index (χ2v) is 4.76. The Morgan fingerprint density at radius 2 is 2.25 bits per heavy atom. The van der Waals surface area contributed by atoms with E-state index < -0.39 is 0 Å². The number of rotatable bonds is 3. The summed E-state index contributed by atoms with van der Waals surface area (Å²) in [5.74, 6) is 1.08. The minimum Gasteiger partial charge on any atom is -0.399 e. The van der Waals surface area contributed by atoms with Gasteiger partial charge in [-0.05, 0) is 30.0 Å². The van der Waals surface area contributed by atoms with Crippen molar-refractivity contribution in [3.63, 3.8) is 0 Å². The largest absolute Gasteiger partial charge is 0.399 e. The lowest BCUT2D eigenvalue weighted by Gasteiger charge is -2.17. The number of benzene rings is 1. The van der Waals surface area contributed by atoms with Gasteiger partial charge in [0.15, 0.2) is 0 Å². The summed E-state index contributed by atoms with van der Waals surface area (Å²) >= 11 is 0. The molecule has 0 saturated heterocycles. The van der Waals surface area contributed by atoms with Crippen LogP contribution < -0.4 is 5.73 Å². The zero-order valence-electron chi connectivity index (χ0n) is 9.81. The quantitative estimate of drug-likeness (QED) is 0.787. The smallest absolute Gasteiger partial charge is 0.226 e. The van der Waals surface area contributed by atoms with E-state index in [0.29, 0.717) is 12.5 Å². The fraction of sp³-hybridized carbons (Fsp3) is 0.462. The van der Waals surface area contributed by atoms with E-state index in [0.717, 1.165) is 17.7 Å². The summed E-state index contributed by atoms with van der Waals surface area (Å²) in [5, 5.41) is 0. The van der Waals surface area contributed by atoms with Crippen molar-refractivity contribution in [1.82, 2.24) is 4.90 Å². The van der Waals surface area contributed by atoms with Crippen LogP contribution in [0.5, 0.6) is 0 Å². The van der Waals surface area contributed by atoms with Crippen molar-refractivity contribution in [2.24, 2.45) is 11.8 Å². The van der Waals surface area contributed by atoms with Crippen molar-refractivity contribution < 1.29 is 4.79 Å². The maximum absolute atomic E-state index is 11.9. The zero-order chi connectivity index (χ0) is 11.7. The van der Waals surface area contributed by atoms with Crippen LogP contribution in [0.25, 0.3) is 0 Å². The number of nitrogens with two attached hydrogens (primary N) is 1. The predicted molar refractivity (Wildman–Crippen MR) is 64.6 cm³/mol. The van der Waals surface area contributed by atoms with Crippen molar-refractivity contribution in [2.75, 3.05) is 12.8 Å². The average Bonchev–Trinajstić information content (AvgIpc) is 2.94. The van der Waals surface area contributed by atoms with Crippen LogP contribution in [-0.2, 0) is 11.3 Å². The molecule has 1 amide bonds. The molecule has 2 N–H and O–H groups in total. The minimum absolute atomic E-state index is 0.256. The molecule has 1 aromatic rings. The molecular formula is C13H18N2O. The average molecular weight is 218 g/mol. The highest BCUT2D eigenvalue weighted by Gasteiger charge is 2.40. The van der Waals surface area contributed by atoms with Crippen LogP contribution in [0.15, 0.2) is 24.3 Å². The highest BCUT2D eigenvalue weighted by molar-refractivity contribution is 5.81. The van der Waals surface area contributed by atoms with Gasteiger partial charge in [0.25, 0.3) is 0 Å². The van der Waals surface area contributed by atoms with Gasteiger partial charge in [-0.1, -0.05) is 19.1 Å². The van der Waals surface area contributed by atoms with Crippen molar-refractivity contribution in [1.29, 1.82) is 0 Å². The lowest BCUT2D eigenvalue weighted by atomic mass is 10.2. The van der Waals surface area contributed by atoms with Gasteiger partial charge in [0.1, 0.15) is 0 Å². The Morgan fingerprint density at radius 1 is 1.56 bits per heavy atom. The van der Waals surface area contributed by atoms with E-state index in [-0.39, 0.29) is 11.8 Å². The number of carbonyl (C=O) groups excluding carboxylic acids is 1. The van der Waals surface area contributed by atoms with Gasteiger partial charge < -0.3 is 10.6 Å². The van der Waals surface area contributed by atoms with Crippen LogP contribution in [0.2, 0.25) is 0 Å². The van der Waals surface area contributed by atoms with Crippen LogP contribution in [0, 0.1) is 11.8 Å². The molecule has 16 heavy (non-hydrogen) atoms. The lowest BCUT2D eigenvalue weighted by molar-refractivity contribution is -0.132. The molecule has 1 aliphatic rings. The summed E-state index contributed by atoms with van der Waals surface area (Å²) in [6.45, 7) is 2.77. The van der Waals surface area contributed by atoms with Gasteiger partial charge in [0.2, 0.25) is 5.91 Å². The van der Waals surface area contributed by atoms with E-state index in [1.807, 2.05) is 31.3 Å². The van der Waals surface area contributed by atoms with Gasteiger partial charge in [-0.25, -0.2) is 0 Å². The van der Waals surface area contributed by atoms with E-state index in [1.165, 1.54) is 0 Å². The number of hydrogen-bond acceptors (Lipinski definition) is 2. The molecule has 1 aliphatic carbocycles. The molecule has 0 aromatic heterocycles. The summed E-state index contributed by atoms with van der Waals surface area (Å²) in [7, 11) is 1.86. The molecule has 0 radical (unpaired) electrons. The fourth-order valence-corrected chi connectivity index (χ4v) is 1.99. The lowest BCUT2D eigenvalue weighted by Crippen LogP contribution is -2.28. The molecule has 0 bridgehead atoms. The third kappa shape index (κ3) is 2.35. The third-order valence-corrected chi connectivity index (χ3v) is 3.17. The molecule has 3 heteroatoms. The molecule has 1 saturated carbocycles. The van der Waals surface area contributed by atoms with Gasteiger partial charge in [-0.3, -0.25) is 4.79 Å². The number of anilines is 1. The van der Waals surface area contributed by atoms with Crippen LogP contribution in [0.3, 0.4) is 0 Å². The topological polar surface area (TPSA) is 46.3 Å². The van der Waals surface area contributed by atoms with Crippen molar-refractivity contribution >= 4 is 11.6 Å². The Labute approximate surface area is 96.2 Å². The Morgan fingerprint density at radius 3 is 2.81 bits per heavy atom. The summed E-state index contributed by atoms with van der Waals surface area (Å²) in [5.41, 5.74) is 7.54. The van der Waals surface area contributed by atoms with Crippen LogP contribution >= 0.6 is 0 Å². The number of amides is 1. The molecule has 2 rings (SSSR count). The normalized spacial score (nSPS) is 22.9. The van der Waals surface area contributed by atoms with Crippen LogP contribution in [0.1, 0.15) is 18.9 Å². The van der Waals surface area contributed by atoms with Gasteiger partial charge in [0.05, 0.1) is 0 Å². The number of nitrogen functional groups attached to an aromatic ring is 1. The van der Waals surface area contributed by atoms with E-state index in [9.17, 15) is 4.79 Å². The highest BCUT2D eigenvalue weighted by Crippen LogP contribution is 2.39. The SMILES string of the molecule is CC1CC1C(=O)N(C)Cc1cccc(N)c1. The van der Waals surface area contributed by atoms with Crippen LogP contribution in [-0.4, -0.2) is 17.9 Å². The summed E-state index contributed by atoms with van der Waals surface area (Å²) in [4.78, 5) is 13.7. The van der Waals surface area contributed by atoms with Crippen molar-refractivity contribution in [3.8, 4) is 0 Å². The summed E-state index contributed by atoms with van der Waals surface area (Å²) < 4.78 is 0.